The molecular weight excluding hydrogens is 1050 g/mol. The molecule has 2 atom stereocenters. The molecule has 6 nitrogen and oxygen atoms in total. The van der Waals surface area contributed by atoms with E-state index in [1.54, 1.807) is 6.08 Å². The van der Waals surface area contributed by atoms with Gasteiger partial charge in [-0.1, -0.05) is 431 Å². The van der Waals surface area contributed by atoms with E-state index in [1.807, 2.05) is 6.08 Å². The van der Waals surface area contributed by atoms with Gasteiger partial charge in [-0.2, -0.15) is 0 Å². The first kappa shape index (κ1) is 84.6. The number of aliphatic hydroxyl groups is 2. The molecule has 0 aromatic carbocycles. The van der Waals surface area contributed by atoms with Crippen LogP contribution in [0.2, 0.25) is 0 Å². The predicted molar refractivity (Wildman–Crippen MR) is 380 cm³/mol. The van der Waals surface area contributed by atoms with Crippen LogP contribution in [0, 0.1) is 0 Å². The minimum Gasteiger partial charge on any atom is -0.466 e. The fourth-order valence-corrected chi connectivity index (χ4v) is 13.0. The maximum Gasteiger partial charge on any atom is 0.305 e. The van der Waals surface area contributed by atoms with Crippen LogP contribution < -0.4 is 5.32 Å². The topological polar surface area (TPSA) is 95.9 Å². The van der Waals surface area contributed by atoms with Gasteiger partial charge in [-0.25, -0.2) is 0 Å². The molecule has 0 aromatic heterocycles. The Balaban J connectivity index is 3.29. The second kappa shape index (κ2) is 76.1. The number of unbranched alkanes of at least 4 members (excludes halogenated alkanes) is 65. The molecule has 0 aliphatic carbocycles. The molecular formula is C80H157NO5. The molecule has 0 spiro atoms. The van der Waals surface area contributed by atoms with E-state index in [2.05, 4.69) is 19.2 Å². The van der Waals surface area contributed by atoms with Crippen LogP contribution in [0.4, 0.5) is 0 Å². The van der Waals surface area contributed by atoms with E-state index in [9.17, 15) is 19.8 Å². The Kier molecular flexibility index (Phi) is 74.8. The van der Waals surface area contributed by atoms with Gasteiger partial charge in [-0.05, 0) is 32.1 Å². The second-order valence-electron chi connectivity index (χ2n) is 27.8. The lowest BCUT2D eigenvalue weighted by molar-refractivity contribution is -0.143. The Labute approximate surface area is 539 Å². The van der Waals surface area contributed by atoms with E-state index in [4.69, 9.17) is 4.74 Å². The quantitative estimate of drug-likeness (QED) is 0.0320. The lowest BCUT2D eigenvalue weighted by Gasteiger charge is -2.20. The number of esters is 1. The van der Waals surface area contributed by atoms with Crippen LogP contribution in [-0.2, 0) is 14.3 Å². The highest BCUT2D eigenvalue weighted by Gasteiger charge is 2.18. The minimum absolute atomic E-state index is 0.0284. The van der Waals surface area contributed by atoms with E-state index in [-0.39, 0.29) is 18.5 Å². The van der Waals surface area contributed by atoms with Crippen molar-refractivity contribution < 1.29 is 24.5 Å². The molecule has 2 unspecified atom stereocenters. The third-order valence-corrected chi connectivity index (χ3v) is 19.1. The predicted octanol–water partition coefficient (Wildman–Crippen LogP) is 26.3. The molecule has 0 aliphatic heterocycles. The van der Waals surface area contributed by atoms with Crippen LogP contribution in [0.3, 0.4) is 0 Å². The van der Waals surface area contributed by atoms with Crippen molar-refractivity contribution in [2.24, 2.45) is 0 Å². The summed E-state index contributed by atoms with van der Waals surface area (Å²) >= 11 is 0. The molecule has 1 amide bonds. The van der Waals surface area contributed by atoms with Crippen LogP contribution in [0.15, 0.2) is 12.2 Å². The molecule has 0 aliphatic rings. The molecule has 0 aromatic rings. The molecule has 0 bridgehead atoms. The van der Waals surface area contributed by atoms with Crippen molar-refractivity contribution in [3.8, 4) is 0 Å². The summed E-state index contributed by atoms with van der Waals surface area (Å²) in [5.74, 6) is -0.0308. The number of rotatable bonds is 76. The first-order valence-electron chi connectivity index (χ1n) is 40.0. The normalized spacial score (nSPS) is 12.5. The Morgan fingerprint density at radius 2 is 0.535 bits per heavy atom. The van der Waals surface area contributed by atoms with Gasteiger partial charge >= 0.3 is 5.97 Å². The van der Waals surface area contributed by atoms with E-state index in [1.165, 1.54) is 398 Å². The van der Waals surface area contributed by atoms with Gasteiger partial charge in [-0.3, -0.25) is 9.59 Å². The Morgan fingerprint density at radius 1 is 0.314 bits per heavy atom. The summed E-state index contributed by atoms with van der Waals surface area (Å²) in [6.45, 7) is 4.96. The average Bonchev–Trinajstić information content (AvgIpc) is 3.55. The summed E-state index contributed by atoms with van der Waals surface area (Å²) in [4.78, 5) is 24.6. The number of nitrogens with one attached hydrogen (secondary N) is 1. The first-order chi connectivity index (χ1) is 42.5. The third kappa shape index (κ3) is 71.7. The maximum atomic E-state index is 12.5. The number of hydrogen-bond donors (Lipinski definition) is 3. The Morgan fingerprint density at radius 3 is 0.791 bits per heavy atom. The number of carbonyl (C=O) groups excluding carboxylic acids is 2. The van der Waals surface area contributed by atoms with E-state index < -0.39 is 12.1 Å². The summed E-state index contributed by atoms with van der Waals surface area (Å²) in [7, 11) is 0. The number of hydrogen-bond acceptors (Lipinski definition) is 5. The molecule has 512 valence electrons. The zero-order chi connectivity index (χ0) is 62.0. The van der Waals surface area contributed by atoms with Gasteiger partial charge in [0.15, 0.2) is 0 Å². The van der Waals surface area contributed by atoms with Gasteiger partial charge < -0.3 is 20.3 Å². The molecule has 0 heterocycles. The van der Waals surface area contributed by atoms with Crippen LogP contribution in [0.1, 0.15) is 463 Å². The second-order valence-corrected chi connectivity index (χ2v) is 27.8. The highest BCUT2D eigenvalue weighted by Crippen LogP contribution is 2.20. The van der Waals surface area contributed by atoms with Crippen LogP contribution >= 0.6 is 0 Å². The lowest BCUT2D eigenvalue weighted by Crippen LogP contribution is -2.45. The van der Waals surface area contributed by atoms with Gasteiger partial charge in [-0.15, -0.1) is 0 Å². The fraction of sp³-hybridized carbons (Fsp3) is 0.950. The zero-order valence-electron chi connectivity index (χ0n) is 58.8. The SMILES string of the molecule is CCCCCCCCCCCCCCC/C=C/C(O)C(CO)NC(=O)CCCCCCCCCCCCCCCCCCCCCCCCCCCCCCCCCCCCCOC(=O)CCCCCCCCCCCCCCCCCCCCC. The van der Waals surface area contributed by atoms with Crippen molar-refractivity contribution in [1.29, 1.82) is 0 Å². The van der Waals surface area contributed by atoms with Crippen molar-refractivity contribution in [1.82, 2.24) is 5.32 Å². The molecule has 3 N–H and O–H groups in total. The number of carbonyl (C=O) groups is 2. The first-order valence-corrected chi connectivity index (χ1v) is 40.0. The molecule has 0 radical (unpaired) electrons. The average molecular weight is 1210 g/mol. The van der Waals surface area contributed by atoms with Crippen LogP contribution in [-0.4, -0.2) is 47.4 Å². The fourth-order valence-electron chi connectivity index (χ4n) is 13.0. The summed E-state index contributed by atoms with van der Waals surface area (Å²) < 4.78 is 5.52. The smallest absolute Gasteiger partial charge is 0.305 e. The standard InChI is InChI=1S/C80H157NO5/c1-3-5-7-9-11-13-15-17-19-20-38-42-46-50-54-58-62-66-70-74-80(85)86-75-71-67-63-59-55-51-47-43-40-37-35-33-31-29-27-25-23-21-22-24-26-28-30-32-34-36-39-41-45-49-53-57-61-65-69-73-79(84)81-77(76-82)78(83)72-68-64-60-56-52-48-44-18-16-14-12-10-8-6-4-2/h68,72,77-78,82-83H,3-67,69-71,73-76H2,1-2H3,(H,81,84)/b72-68+. The number of amides is 1. The lowest BCUT2D eigenvalue weighted by atomic mass is 10.0. The number of aliphatic hydroxyl groups excluding tert-OH is 2. The van der Waals surface area contributed by atoms with Crippen molar-refractivity contribution in [3.63, 3.8) is 0 Å². The molecule has 0 saturated carbocycles. The van der Waals surface area contributed by atoms with E-state index >= 15 is 0 Å². The summed E-state index contributed by atoms with van der Waals surface area (Å²) in [5.41, 5.74) is 0. The molecule has 6 heteroatoms. The van der Waals surface area contributed by atoms with E-state index in [0.717, 1.165) is 38.5 Å². The van der Waals surface area contributed by atoms with Crippen molar-refractivity contribution in [2.75, 3.05) is 13.2 Å². The van der Waals surface area contributed by atoms with E-state index in [0.29, 0.717) is 19.4 Å². The third-order valence-electron chi connectivity index (χ3n) is 19.1. The van der Waals surface area contributed by atoms with Gasteiger partial charge in [0, 0.05) is 12.8 Å². The largest absolute Gasteiger partial charge is 0.466 e. The van der Waals surface area contributed by atoms with Gasteiger partial charge in [0.05, 0.1) is 25.4 Å². The van der Waals surface area contributed by atoms with Crippen molar-refractivity contribution >= 4 is 11.9 Å². The van der Waals surface area contributed by atoms with Crippen LogP contribution in [0.5, 0.6) is 0 Å². The van der Waals surface area contributed by atoms with Crippen LogP contribution in [0.25, 0.3) is 0 Å². The molecule has 86 heavy (non-hydrogen) atoms. The minimum atomic E-state index is -0.840. The molecule has 0 fully saturated rings. The van der Waals surface area contributed by atoms with Gasteiger partial charge in [0.25, 0.3) is 0 Å². The Bertz CT molecular complexity index is 1300. The molecule has 0 saturated heterocycles. The van der Waals surface area contributed by atoms with Crippen molar-refractivity contribution in [3.05, 3.63) is 12.2 Å². The number of ether oxygens (including phenoxy) is 1. The highest BCUT2D eigenvalue weighted by atomic mass is 16.5. The summed E-state index contributed by atoms with van der Waals surface area (Å²) in [6, 6.07) is -0.623. The van der Waals surface area contributed by atoms with Crippen molar-refractivity contribution in [2.45, 2.75) is 475 Å². The monoisotopic (exact) mass is 1210 g/mol. The summed E-state index contributed by atoms with van der Waals surface area (Å²) in [5, 5.41) is 23.2. The number of allylic oxidation sites excluding steroid dienone is 1. The maximum absolute atomic E-state index is 12.5. The molecule has 0 rings (SSSR count). The zero-order valence-corrected chi connectivity index (χ0v) is 58.8. The Hall–Kier alpha value is -1.40. The van der Waals surface area contributed by atoms with Gasteiger partial charge in [0.2, 0.25) is 5.91 Å². The van der Waals surface area contributed by atoms with Gasteiger partial charge in [0.1, 0.15) is 0 Å². The summed E-state index contributed by atoms with van der Waals surface area (Å²) in [6.07, 6.45) is 96.3. The highest BCUT2D eigenvalue weighted by molar-refractivity contribution is 5.76.